The maximum absolute atomic E-state index is 12.0. The highest BCUT2D eigenvalue weighted by molar-refractivity contribution is 7.18. The molecule has 0 aliphatic heterocycles. The van der Waals surface area contributed by atoms with Crippen LogP contribution in [0.1, 0.15) is 29.1 Å². The molecule has 19 heavy (non-hydrogen) atoms. The predicted molar refractivity (Wildman–Crippen MR) is 73.7 cm³/mol. The number of rotatable bonds is 3. The average Bonchev–Trinajstić information content (AvgIpc) is 2.96. The lowest BCUT2D eigenvalue weighted by molar-refractivity contribution is 0.391. The van der Waals surface area contributed by atoms with Gasteiger partial charge in [0.05, 0.1) is 17.5 Å². The van der Waals surface area contributed by atoms with Crippen molar-refractivity contribution in [2.24, 2.45) is 0 Å². The molecule has 0 aliphatic rings. The first-order valence-electron chi connectivity index (χ1n) is 6.09. The highest BCUT2D eigenvalue weighted by atomic mass is 32.1. The number of fused-ring (bicyclic) bond motifs is 1. The summed E-state index contributed by atoms with van der Waals surface area (Å²) in [6, 6.07) is 3.76. The Balaban J connectivity index is 2.02. The van der Waals surface area contributed by atoms with Crippen LogP contribution in [0.5, 0.6) is 0 Å². The zero-order valence-corrected chi connectivity index (χ0v) is 11.5. The highest BCUT2D eigenvalue weighted by Crippen LogP contribution is 2.21. The van der Waals surface area contributed by atoms with Gasteiger partial charge < -0.3 is 9.51 Å². The second kappa shape index (κ2) is 4.62. The molecule has 5 nitrogen and oxygen atoms in total. The summed E-state index contributed by atoms with van der Waals surface area (Å²) in [5, 5.41) is 4.58. The zero-order valence-electron chi connectivity index (χ0n) is 10.7. The molecule has 3 aromatic rings. The zero-order chi connectivity index (χ0) is 13.4. The summed E-state index contributed by atoms with van der Waals surface area (Å²) >= 11 is 1.57. The van der Waals surface area contributed by atoms with E-state index in [-0.39, 0.29) is 5.56 Å². The molecule has 98 valence electrons. The molecule has 0 fully saturated rings. The van der Waals surface area contributed by atoms with Gasteiger partial charge in [-0.05, 0) is 19.4 Å². The van der Waals surface area contributed by atoms with Crippen LogP contribution in [-0.2, 0) is 12.8 Å². The molecule has 1 N–H and O–H groups in total. The fourth-order valence-electron chi connectivity index (χ4n) is 1.96. The molecule has 0 saturated heterocycles. The summed E-state index contributed by atoms with van der Waals surface area (Å²) in [5.41, 5.74) is 0.684. The van der Waals surface area contributed by atoms with Crippen LogP contribution in [0, 0.1) is 6.92 Å². The number of hydrogen-bond acceptors (Lipinski definition) is 5. The maximum atomic E-state index is 12.0. The molecule has 0 aliphatic carbocycles. The molecular formula is C13H13N3O2S. The van der Waals surface area contributed by atoms with E-state index in [9.17, 15) is 4.79 Å². The quantitative estimate of drug-likeness (QED) is 0.797. The van der Waals surface area contributed by atoms with E-state index >= 15 is 0 Å². The van der Waals surface area contributed by atoms with Crippen molar-refractivity contribution in [1.29, 1.82) is 0 Å². The Bertz CT molecular complexity index is 785. The lowest BCUT2D eigenvalue weighted by atomic mass is 10.2. The van der Waals surface area contributed by atoms with Crippen molar-refractivity contribution < 1.29 is 4.52 Å². The molecule has 0 amide bonds. The second-order valence-electron chi connectivity index (χ2n) is 4.40. The van der Waals surface area contributed by atoms with Crippen LogP contribution in [0.2, 0.25) is 0 Å². The van der Waals surface area contributed by atoms with E-state index in [1.807, 2.05) is 19.1 Å². The number of aryl methyl sites for hydroxylation is 2. The lowest BCUT2D eigenvalue weighted by Crippen LogP contribution is -2.11. The Labute approximate surface area is 113 Å². The van der Waals surface area contributed by atoms with Gasteiger partial charge in [-0.2, -0.15) is 0 Å². The third-order valence-electron chi connectivity index (χ3n) is 2.88. The molecule has 3 rings (SSSR count). The molecule has 0 bridgehead atoms. The molecule has 0 saturated carbocycles. The lowest BCUT2D eigenvalue weighted by Gasteiger charge is -1.96. The largest absolute Gasteiger partial charge is 0.361 e. The highest BCUT2D eigenvalue weighted by Gasteiger charge is 2.10. The topological polar surface area (TPSA) is 71.8 Å². The Morgan fingerprint density at radius 2 is 2.26 bits per heavy atom. The molecule has 0 unspecified atom stereocenters. The van der Waals surface area contributed by atoms with E-state index in [1.165, 1.54) is 4.88 Å². The van der Waals surface area contributed by atoms with Crippen LogP contribution in [0.25, 0.3) is 10.2 Å². The van der Waals surface area contributed by atoms with Crippen LogP contribution in [0.3, 0.4) is 0 Å². The standard InChI is InChI=1S/C13H13N3O2S/c1-3-9-6-10-12(17)14-11(15-13(10)19-9)5-8-4-7(2)18-16-8/h4,6H,3,5H2,1-2H3,(H,14,15,17). The van der Waals surface area contributed by atoms with Gasteiger partial charge in [0, 0.05) is 10.9 Å². The minimum absolute atomic E-state index is 0.0869. The van der Waals surface area contributed by atoms with Crippen LogP contribution in [-0.4, -0.2) is 15.1 Å². The van der Waals surface area contributed by atoms with Gasteiger partial charge in [0.25, 0.3) is 5.56 Å². The van der Waals surface area contributed by atoms with Crippen molar-refractivity contribution >= 4 is 21.6 Å². The average molecular weight is 275 g/mol. The van der Waals surface area contributed by atoms with Crippen LogP contribution < -0.4 is 5.56 Å². The molecule has 0 aromatic carbocycles. The first-order valence-corrected chi connectivity index (χ1v) is 6.91. The van der Waals surface area contributed by atoms with Crippen LogP contribution in [0.4, 0.5) is 0 Å². The number of thiophene rings is 1. The van der Waals surface area contributed by atoms with E-state index in [2.05, 4.69) is 22.0 Å². The summed E-state index contributed by atoms with van der Waals surface area (Å²) in [4.78, 5) is 21.2. The van der Waals surface area contributed by atoms with Crippen molar-refractivity contribution in [2.75, 3.05) is 0 Å². The Kier molecular flexibility index (Phi) is 2.94. The van der Waals surface area contributed by atoms with Gasteiger partial charge in [-0.1, -0.05) is 12.1 Å². The Morgan fingerprint density at radius 3 is 2.95 bits per heavy atom. The van der Waals surface area contributed by atoms with Crippen molar-refractivity contribution in [1.82, 2.24) is 15.1 Å². The molecule has 6 heteroatoms. The SMILES string of the molecule is CCc1cc2c(=O)[nH]c(Cc3cc(C)on3)nc2s1. The third-order valence-corrected chi connectivity index (χ3v) is 4.05. The molecule has 0 radical (unpaired) electrons. The monoisotopic (exact) mass is 275 g/mol. The normalized spacial score (nSPS) is 11.3. The van der Waals surface area contributed by atoms with Crippen LogP contribution in [0.15, 0.2) is 21.5 Å². The third kappa shape index (κ3) is 2.31. The van der Waals surface area contributed by atoms with Crippen LogP contribution >= 0.6 is 11.3 Å². The van der Waals surface area contributed by atoms with E-state index in [0.29, 0.717) is 17.6 Å². The number of hydrogen-bond donors (Lipinski definition) is 1. The van der Waals surface area contributed by atoms with Crippen molar-refractivity contribution in [3.8, 4) is 0 Å². The number of H-pyrrole nitrogens is 1. The summed E-state index contributed by atoms with van der Waals surface area (Å²) in [5.74, 6) is 1.37. The van der Waals surface area contributed by atoms with Crippen molar-refractivity contribution in [3.63, 3.8) is 0 Å². The van der Waals surface area contributed by atoms with Gasteiger partial charge in [-0.15, -0.1) is 11.3 Å². The molecule has 3 heterocycles. The fraction of sp³-hybridized carbons (Fsp3) is 0.308. The first-order chi connectivity index (χ1) is 9.15. The Hall–Kier alpha value is -1.95. The van der Waals surface area contributed by atoms with Gasteiger partial charge in [-0.3, -0.25) is 4.79 Å². The minimum Gasteiger partial charge on any atom is -0.361 e. The fourth-order valence-corrected chi connectivity index (χ4v) is 2.94. The number of aromatic amines is 1. The van der Waals surface area contributed by atoms with Gasteiger partial charge >= 0.3 is 0 Å². The van der Waals surface area contributed by atoms with Crippen molar-refractivity contribution in [2.45, 2.75) is 26.7 Å². The first kappa shape index (κ1) is 12.1. The van der Waals surface area contributed by atoms with E-state index < -0.39 is 0 Å². The Morgan fingerprint density at radius 1 is 1.42 bits per heavy atom. The molecule has 0 spiro atoms. The molecule has 0 atom stereocenters. The van der Waals surface area contributed by atoms with Gasteiger partial charge in [0.2, 0.25) is 0 Å². The molecule has 3 aromatic heterocycles. The minimum atomic E-state index is -0.0869. The number of aromatic nitrogens is 3. The summed E-state index contributed by atoms with van der Waals surface area (Å²) in [6.07, 6.45) is 1.39. The smallest absolute Gasteiger partial charge is 0.259 e. The van der Waals surface area contributed by atoms with Gasteiger partial charge in [-0.25, -0.2) is 4.98 Å². The van der Waals surface area contributed by atoms with E-state index in [0.717, 1.165) is 22.7 Å². The second-order valence-corrected chi connectivity index (χ2v) is 5.52. The summed E-state index contributed by atoms with van der Waals surface area (Å²) in [7, 11) is 0. The van der Waals surface area contributed by atoms with Gasteiger partial charge in [0.15, 0.2) is 0 Å². The van der Waals surface area contributed by atoms with E-state index in [1.54, 1.807) is 11.3 Å². The summed E-state index contributed by atoms with van der Waals surface area (Å²) in [6.45, 7) is 3.90. The molecular weight excluding hydrogens is 262 g/mol. The number of nitrogens with zero attached hydrogens (tertiary/aromatic N) is 2. The summed E-state index contributed by atoms with van der Waals surface area (Å²) < 4.78 is 5.01. The van der Waals surface area contributed by atoms with Gasteiger partial charge in [0.1, 0.15) is 16.4 Å². The maximum Gasteiger partial charge on any atom is 0.259 e. The predicted octanol–water partition coefficient (Wildman–Crippen LogP) is 2.43. The number of nitrogens with one attached hydrogen (secondary N) is 1. The van der Waals surface area contributed by atoms with Crippen molar-refractivity contribution in [3.05, 3.63) is 44.6 Å². The van der Waals surface area contributed by atoms with E-state index in [4.69, 9.17) is 4.52 Å².